The van der Waals surface area contributed by atoms with Crippen LogP contribution in [0.3, 0.4) is 0 Å². The summed E-state index contributed by atoms with van der Waals surface area (Å²) in [6, 6.07) is 6.07. The first-order valence-electron chi connectivity index (χ1n) is 5.06. The van der Waals surface area contributed by atoms with Crippen molar-refractivity contribution in [1.29, 1.82) is 0 Å². The van der Waals surface area contributed by atoms with Crippen LogP contribution in [0.15, 0.2) is 24.3 Å². The number of benzene rings is 1. The van der Waals surface area contributed by atoms with Gasteiger partial charge in [-0.25, -0.2) is 0 Å². The molecule has 0 spiro atoms. The van der Waals surface area contributed by atoms with E-state index in [2.05, 4.69) is 10.6 Å². The fraction of sp³-hybridized carbons (Fsp3) is 0.273. The van der Waals surface area contributed by atoms with E-state index in [4.69, 9.17) is 5.11 Å². The van der Waals surface area contributed by atoms with Gasteiger partial charge < -0.3 is 20.8 Å². The molecule has 1 atom stereocenters. The maximum absolute atomic E-state index is 11.4. The van der Waals surface area contributed by atoms with Gasteiger partial charge in [0.05, 0.1) is 11.8 Å². The predicted molar refractivity (Wildman–Crippen MR) is 61.4 cm³/mol. The van der Waals surface area contributed by atoms with Crippen LogP contribution in [0.4, 0.5) is 5.69 Å². The second kappa shape index (κ2) is 5.86. The van der Waals surface area contributed by atoms with Crippen molar-refractivity contribution in [2.75, 3.05) is 11.9 Å². The topological polar surface area (TPSA) is 98.7 Å². The average Bonchev–Trinajstić information content (AvgIpc) is 2.28. The van der Waals surface area contributed by atoms with Crippen molar-refractivity contribution in [1.82, 2.24) is 5.32 Å². The van der Waals surface area contributed by atoms with Crippen LogP contribution in [0.5, 0.6) is 5.75 Å². The Kier molecular flexibility index (Phi) is 4.47. The summed E-state index contributed by atoms with van der Waals surface area (Å²) in [7, 11) is 0. The van der Waals surface area contributed by atoms with Crippen molar-refractivity contribution in [3.05, 3.63) is 24.3 Å². The minimum atomic E-state index is -0.896. The number of hydrogen-bond acceptors (Lipinski definition) is 4. The van der Waals surface area contributed by atoms with Crippen LogP contribution in [0.2, 0.25) is 0 Å². The van der Waals surface area contributed by atoms with Gasteiger partial charge >= 0.3 is 11.8 Å². The smallest absolute Gasteiger partial charge is 0.313 e. The zero-order valence-electron chi connectivity index (χ0n) is 9.30. The quantitative estimate of drug-likeness (QED) is 0.434. The molecule has 0 saturated heterocycles. The van der Waals surface area contributed by atoms with Crippen molar-refractivity contribution in [3.8, 4) is 5.75 Å². The number of aromatic hydroxyl groups is 1. The molecule has 17 heavy (non-hydrogen) atoms. The summed E-state index contributed by atoms with van der Waals surface area (Å²) in [5.74, 6) is -1.88. The molecule has 1 rings (SSSR count). The molecule has 1 aromatic carbocycles. The van der Waals surface area contributed by atoms with E-state index < -0.39 is 17.9 Å². The third-order valence-corrected chi connectivity index (χ3v) is 1.92. The lowest BCUT2D eigenvalue weighted by molar-refractivity contribution is -0.136. The molecule has 0 aliphatic heterocycles. The molecular formula is C11H14N2O4. The first-order chi connectivity index (χ1) is 8.00. The Morgan fingerprint density at radius 2 is 1.94 bits per heavy atom. The largest absolute Gasteiger partial charge is 0.506 e. The number of carbonyl (C=O) groups excluding carboxylic acids is 2. The zero-order chi connectivity index (χ0) is 12.8. The summed E-state index contributed by atoms with van der Waals surface area (Å²) >= 11 is 0. The van der Waals surface area contributed by atoms with Gasteiger partial charge in [0.25, 0.3) is 0 Å². The summed E-state index contributed by atoms with van der Waals surface area (Å²) in [4.78, 5) is 22.6. The second-order valence-electron chi connectivity index (χ2n) is 3.53. The lowest BCUT2D eigenvalue weighted by Crippen LogP contribution is -2.38. The normalized spacial score (nSPS) is 11.6. The molecule has 0 saturated carbocycles. The van der Waals surface area contributed by atoms with Gasteiger partial charge in [-0.1, -0.05) is 12.1 Å². The summed E-state index contributed by atoms with van der Waals surface area (Å²) < 4.78 is 0. The van der Waals surface area contributed by atoms with E-state index in [1.807, 2.05) is 0 Å². The van der Waals surface area contributed by atoms with Gasteiger partial charge in [0.2, 0.25) is 0 Å². The summed E-state index contributed by atoms with van der Waals surface area (Å²) in [5.41, 5.74) is 0.157. The van der Waals surface area contributed by atoms with Crippen LogP contribution < -0.4 is 10.6 Å². The molecule has 92 valence electrons. The van der Waals surface area contributed by atoms with Crippen molar-refractivity contribution >= 4 is 17.5 Å². The van der Waals surface area contributed by atoms with E-state index in [9.17, 15) is 14.7 Å². The summed E-state index contributed by atoms with van der Waals surface area (Å²) in [5, 5.41) is 22.8. The van der Waals surface area contributed by atoms with Gasteiger partial charge in [-0.2, -0.15) is 0 Å². The third kappa shape index (κ3) is 4.12. The van der Waals surface area contributed by atoms with Crippen LogP contribution in [0.1, 0.15) is 6.92 Å². The molecule has 1 unspecified atom stereocenters. The Hall–Kier alpha value is -2.08. The second-order valence-corrected chi connectivity index (χ2v) is 3.53. The molecule has 6 heteroatoms. The van der Waals surface area contributed by atoms with Gasteiger partial charge in [-0.3, -0.25) is 9.59 Å². The van der Waals surface area contributed by atoms with E-state index in [-0.39, 0.29) is 18.0 Å². The number of amides is 2. The van der Waals surface area contributed by atoms with Gasteiger partial charge in [0.15, 0.2) is 0 Å². The van der Waals surface area contributed by atoms with E-state index >= 15 is 0 Å². The molecule has 0 heterocycles. The number of para-hydroxylation sites is 2. The minimum absolute atomic E-state index is 0.00692. The van der Waals surface area contributed by atoms with Gasteiger partial charge in [0, 0.05) is 6.54 Å². The minimum Gasteiger partial charge on any atom is -0.506 e. The highest BCUT2D eigenvalue weighted by Gasteiger charge is 2.15. The van der Waals surface area contributed by atoms with Crippen LogP contribution in [-0.2, 0) is 9.59 Å². The molecule has 0 aliphatic rings. The molecular weight excluding hydrogens is 224 g/mol. The number of nitrogens with one attached hydrogen (secondary N) is 2. The predicted octanol–water partition coefficient (Wildman–Crippen LogP) is -0.172. The lowest BCUT2D eigenvalue weighted by atomic mass is 10.3. The van der Waals surface area contributed by atoms with Crippen LogP contribution in [0, 0.1) is 0 Å². The van der Waals surface area contributed by atoms with E-state index in [0.717, 1.165) is 0 Å². The first-order valence-corrected chi connectivity index (χ1v) is 5.06. The number of aliphatic hydroxyl groups is 1. The van der Waals surface area contributed by atoms with E-state index in [1.165, 1.54) is 19.1 Å². The standard InChI is InChI=1S/C11H14N2O4/c1-7(14)6-12-10(16)11(17)13-8-4-2-3-5-9(8)15/h2-5,7,14-15H,6H2,1H3,(H,12,16)(H,13,17). The maximum atomic E-state index is 11.4. The molecule has 0 fully saturated rings. The molecule has 4 N–H and O–H groups in total. The fourth-order valence-electron chi connectivity index (χ4n) is 1.08. The summed E-state index contributed by atoms with van der Waals surface area (Å²) in [6.07, 6.45) is -0.725. The number of rotatable bonds is 3. The Balaban J connectivity index is 2.55. The molecule has 0 bridgehead atoms. The molecule has 2 amide bonds. The first kappa shape index (κ1) is 13.0. The number of carbonyl (C=O) groups is 2. The van der Waals surface area contributed by atoms with E-state index in [0.29, 0.717) is 0 Å². The van der Waals surface area contributed by atoms with Crippen molar-refractivity contribution in [2.24, 2.45) is 0 Å². The highest BCUT2D eigenvalue weighted by Crippen LogP contribution is 2.21. The number of phenolic OH excluding ortho intramolecular Hbond substituents is 1. The Labute approximate surface area is 98.3 Å². The number of hydrogen-bond donors (Lipinski definition) is 4. The van der Waals surface area contributed by atoms with Crippen molar-refractivity contribution in [3.63, 3.8) is 0 Å². The van der Waals surface area contributed by atoms with Crippen LogP contribution >= 0.6 is 0 Å². The van der Waals surface area contributed by atoms with Gasteiger partial charge in [0.1, 0.15) is 5.75 Å². The molecule has 0 aliphatic carbocycles. The fourth-order valence-corrected chi connectivity index (χ4v) is 1.08. The monoisotopic (exact) mass is 238 g/mol. The van der Waals surface area contributed by atoms with Gasteiger partial charge in [-0.15, -0.1) is 0 Å². The van der Waals surface area contributed by atoms with Crippen LogP contribution in [0.25, 0.3) is 0 Å². The lowest BCUT2D eigenvalue weighted by Gasteiger charge is -2.08. The average molecular weight is 238 g/mol. The third-order valence-electron chi connectivity index (χ3n) is 1.92. The highest BCUT2D eigenvalue weighted by atomic mass is 16.3. The van der Waals surface area contributed by atoms with Gasteiger partial charge in [-0.05, 0) is 19.1 Å². The van der Waals surface area contributed by atoms with Crippen LogP contribution in [-0.4, -0.2) is 34.7 Å². The SMILES string of the molecule is CC(O)CNC(=O)C(=O)Nc1ccccc1O. The molecule has 0 aromatic heterocycles. The molecule has 0 radical (unpaired) electrons. The number of phenols is 1. The molecule has 1 aromatic rings. The number of aliphatic hydroxyl groups excluding tert-OH is 1. The van der Waals surface area contributed by atoms with Crippen molar-refractivity contribution in [2.45, 2.75) is 13.0 Å². The Morgan fingerprint density at radius 1 is 1.29 bits per heavy atom. The zero-order valence-corrected chi connectivity index (χ0v) is 9.30. The Bertz CT molecular complexity index is 418. The molecule has 6 nitrogen and oxygen atoms in total. The van der Waals surface area contributed by atoms with E-state index in [1.54, 1.807) is 12.1 Å². The van der Waals surface area contributed by atoms with Crippen molar-refractivity contribution < 1.29 is 19.8 Å². The maximum Gasteiger partial charge on any atom is 0.313 e. The highest BCUT2D eigenvalue weighted by molar-refractivity contribution is 6.39. The number of anilines is 1. The Morgan fingerprint density at radius 3 is 2.53 bits per heavy atom. The summed E-state index contributed by atoms with van der Waals surface area (Å²) in [6.45, 7) is 1.48.